The molecule has 0 radical (unpaired) electrons. The molecule has 174 valence electrons. The molecule has 8 heteroatoms. The summed E-state index contributed by atoms with van der Waals surface area (Å²) in [5, 5.41) is 1.93. The zero-order chi connectivity index (χ0) is 23.6. The number of benzene rings is 2. The van der Waals surface area contributed by atoms with Crippen LogP contribution in [0.2, 0.25) is 0 Å². The van der Waals surface area contributed by atoms with Gasteiger partial charge in [0.1, 0.15) is 18.2 Å². The first-order valence-electron chi connectivity index (χ1n) is 10.5. The van der Waals surface area contributed by atoms with Crippen molar-refractivity contribution < 1.29 is 23.1 Å². The minimum atomic E-state index is -0.514. The Morgan fingerprint density at radius 3 is 2.39 bits per heavy atom. The highest BCUT2D eigenvalue weighted by molar-refractivity contribution is 7.09. The van der Waals surface area contributed by atoms with Gasteiger partial charge >= 0.3 is 0 Å². The third-order valence-electron chi connectivity index (χ3n) is 5.03. The Morgan fingerprint density at radius 2 is 1.73 bits per heavy atom. The van der Waals surface area contributed by atoms with Gasteiger partial charge in [-0.15, -0.1) is 11.3 Å². The molecular formula is C25H26F2N2O3S. The molecule has 0 saturated heterocycles. The number of methoxy groups -OCH3 is 1. The maximum Gasteiger partial charge on any atom is 0.254 e. The van der Waals surface area contributed by atoms with Crippen molar-refractivity contribution in [2.45, 2.75) is 19.5 Å². The maximum atomic E-state index is 13.7. The van der Waals surface area contributed by atoms with Crippen LogP contribution in [0.1, 0.15) is 27.2 Å². The van der Waals surface area contributed by atoms with Gasteiger partial charge in [0.05, 0.1) is 6.54 Å². The van der Waals surface area contributed by atoms with Crippen LogP contribution < -0.4 is 0 Å². The lowest BCUT2D eigenvalue weighted by molar-refractivity contribution is -0.133. The van der Waals surface area contributed by atoms with Crippen molar-refractivity contribution in [1.29, 1.82) is 0 Å². The van der Waals surface area contributed by atoms with Gasteiger partial charge in [-0.3, -0.25) is 9.59 Å². The lowest BCUT2D eigenvalue weighted by atomic mass is 10.1. The number of halogens is 2. The summed E-state index contributed by atoms with van der Waals surface area (Å²) in [4.78, 5) is 30.5. The highest BCUT2D eigenvalue weighted by atomic mass is 32.1. The van der Waals surface area contributed by atoms with E-state index in [1.807, 2.05) is 17.5 Å². The van der Waals surface area contributed by atoms with E-state index in [1.54, 1.807) is 24.1 Å². The summed E-state index contributed by atoms with van der Waals surface area (Å²) in [5.41, 5.74) is 0.965. The predicted molar refractivity (Wildman–Crippen MR) is 124 cm³/mol. The summed E-state index contributed by atoms with van der Waals surface area (Å²) >= 11 is 1.53. The van der Waals surface area contributed by atoms with Crippen molar-refractivity contribution in [2.24, 2.45) is 0 Å². The fourth-order valence-corrected chi connectivity index (χ4v) is 4.07. The van der Waals surface area contributed by atoms with Crippen LogP contribution in [-0.4, -0.2) is 48.4 Å². The summed E-state index contributed by atoms with van der Waals surface area (Å²) in [6.45, 7) is 1.20. The van der Waals surface area contributed by atoms with E-state index >= 15 is 0 Å². The highest BCUT2D eigenvalue weighted by Crippen LogP contribution is 2.16. The van der Waals surface area contributed by atoms with Gasteiger partial charge in [0.25, 0.3) is 5.91 Å². The number of nitrogens with zero attached hydrogens (tertiary/aromatic N) is 2. The lowest BCUT2D eigenvalue weighted by Crippen LogP contribution is -2.43. The lowest BCUT2D eigenvalue weighted by Gasteiger charge is -2.28. The Hall–Kier alpha value is -3.10. The molecule has 33 heavy (non-hydrogen) atoms. The van der Waals surface area contributed by atoms with Gasteiger partial charge in [0.2, 0.25) is 5.91 Å². The van der Waals surface area contributed by atoms with E-state index in [2.05, 4.69) is 0 Å². The molecule has 2 aromatic carbocycles. The van der Waals surface area contributed by atoms with Gasteiger partial charge in [-0.1, -0.05) is 24.3 Å². The second-order valence-electron chi connectivity index (χ2n) is 7.54. The first-order chi connectivity index (χ1) is 16.0. The average Bonchev–Trinajstić information content (AvgIpc) is 3.32. The smallest absolute Gasteiger partial charge is 0.254 e. The molecule has 0 N–H and O–H groups in total. The zero-order valence-corrected chi connectivity index (χ0v) is 19.2. The van der Waals surface area contributed by atoms with Gasteiger partial charge in [0.15, 0.2) is 0 Å². The number of carbonyl (C=O) groups is 2. The number of rotatable bonds is 11. The molecule has 0 aliphatic carbocycles. The van der Waals surface area contributed by atoms with Crippen molar-refractivity contribution in [3.05, 3.63) is 93.7 Å². The Kier molecular flexibility index (Phi) is 9.09. The Bertz CT molecular complexity index is 1040. The van der Waals surface area contributed by atoms with E-state index in [4.69, 9.17) is 4.74 Å². The fraction of sp³-hybridized carbons (Fsp3) is 0.280. The standard InChI is InChI=1S/C25H26F2N2O3S/c1-32-13-4-12-28(25(31)20-5-2-6-22(27)15-20)18-24(30)29(17-23-7-3-14-33-23)16-19-8-10-21(26)11-9-19/h2-3,5-11,14-15H,4,12-13,16-18H2,1H3. The molecule has 2 amide bonds. The van der Waals surface area contributed by atoms with E-state index in [0.29, 0.717) is 19.6 Å². The summed E-state index contributed by atoms with van der Waals surface area (Å²) < 4.78 is 32.1. The number of thiophene rings is 1. The predicted octanol–water partition coefficient (Wildman–Crippen LogP) is 4.73. The number of ether oxygens (including phenoxy) is 1. The van der Waals surface area contributed by atoms with E-state index in [9.17, 15) is 18.4 Å². The van der Waals surface area contributed by atoms with Gasteiger partial charge in [0, 0.05) is 37.2 Å². The monoisotopic (exact) mass is 472 g/mol. The quantitative estimate of drug-likeness (QED) is 0.379. The van der Waals surface area contributed by atoms with Crippen LogP contribution in [0.3, 0.4) is 0 Å². The molecule has 0 unspecified atom stereocenters. The molecule has 0 atom stereocenters. The van der Waals surface area contributed by atoms with E-state index in [1.165, 1.54) is 46.6 Å². The number of hydrogen-bond acceptors (Lipinski definition) is 4. The summed E-state index contributed by atoms with van der Waals surface area (Å²) in [7, 11) is 1.56. The molecule has 3 aromatic rings. The van der Waals surface area contributed by atoms with Crippen molar-refractivity contribution in [2.75, 3.05) is 26.8 Å². The van der Waals surface area contributed by atoms with Crippen LogP contribution in [0.4, 0.5) is 8.78 Å². The molecule has 0 aliphatic heterocycles. The van der Waals surface area contributed by atoms with Gasteiger partial charge < -0.3 is 14.5 Å². The van der Waals surface area contributed by atoms with Crippen LogP contribution >= 0.6 is 11.3 Å². The summed E-state index contributed by atoms with van der Waals surface area (Å²) in [5.74, 6) is -1.54. The average molecular weight is 473 g/mol. The van der Waals surface area contributed by atoms with Crippen molar-refractivity contribution in [3.8, 4) is 0 Å². The molecule has 0 aliphatic rings. The minimum Gasteiger partial charge on any atom is -0.385 e. The Morgan fingerprint density at radius 1 is 0.939 bits per heavy atom. The van der Waals surface area contributed by atoms with E-state index < -0.39 is 11.7 Å². The van der Waals surface area contributed by atoms with Crippen LogP contribution in [0.25, 0.3) is 0 Å². The first-order valence-corrected chi connectivity index (χ1v) is 11.4. The normalized spacial score (nSPS) is 10.8. The van der Waals surface area contributed by atoms with Gasteiger partial charge in [-0.05, 0) is 53.8 Å². The number of carbonyl (C=O) groups excluding carboxylic acids is 2. The summed E-state index contributed by atoms with van der Waals surface area (Å²) in [6.07, 6.45) is 0.535. The van der Waals surface area contributed by atoms with E-state index in [-0.39, 0.29) is 36.9 Å². The molecule has 0 bridgehead atoms. The molecule has 0 fully saturated rings. The summed E-state index contributed by atoms with van der Waals surface area (Å²) in [6, 6.07) is 15.3. The molecule has 1 heterocycles. The highest BCUT2D eigenvalue weighted by Gasteiger charge is 2.23. The maximum absolute atomic E-state index is 13.7. The largest absolute Gasteiger partial charge is 0.385 e. The number of hydrogen-bond donors (Lipinski definition) is 0. The SMILES string of the molecule is COCCCN(CC(=O)N(Cc1ccc(F)cc1)Cc1cccs1)C(=O)c1cccc(F)c1. The van der Waals surface area contributed by atoms with Gasteiger partial charge in [-0.2, -0.15) is 0 Å². The van der Waals surface area contributed by atoms with Crippen LogP contribution in [0.5, 0.6) is 0 Å². The topological polar surface area (TPSA) is 49.9 Å². The molecule has 3 rings (SSSR count). The van der Waals surface area contributed by atoms with Crippen LogP contribution in [0, 0.1) is 11.6 Å². The Labute approximate surface area is 196 Å². The van der Waals surface area contributed by atoms with E-state index in [0.717, 1.165) is 16.5 Å². The molecule has 1 aromatic heterocycles. The third-order valence-corrected chi connectivity index (χ3v) is 5.89. The molecule has 0 saturated carbocycles. The van der Waals surface area contributed by atoms with Crippen molar-refractivity contribution in [3.63, 3.8) is 0 Å². The fourth-order valence-electron chi connectivity index (χ4n) is 3.35. The first kappa shape index (κ1) is 24.5. The van der Waals surface area contributed by atoms with Crippen LogP contribution in [-0.2, 0) is 22.6 Å². The van der Waals surface area contributed by atoms with Crippen molar-refractivity contribution >= 4 is 23.2 Å². The number of amides is 2. The third kappa shape index (κ3) is 7.47. The minimum absolute atomic E-state index is 0.161. The Balaban J connectivity index is 1.79. The molecule has 5 nitrogen and oxygen atoms in total. The van der Waals surface area contributed by atoms with Gasteiger partial charge in [-0.25, -0.2) is 8.78 Å². The van der Waals surface area contributed by atoms with Crippen LogP contribution in [0.15, 0.2) is 66.0 Å². The zero-order valence-electron chi connectivity index (χ0n) is 18.4. The second kappa shape index (κ2) is 12.2. The molecular weight excluding hydrogens is 446 g/mol. The second-order valence-corrected chi connectivity index (χ2v) is 8.57. The van der Waals surface area contributed by atoms with Crippen molar-refractivity contribution in [1.82, 2.24) is 9.80 Å². The molecule has 0 spiro atoms.